The predicted octanol–water partition coefficient (Wildman–Crippen LogP) is 2.63. The van der Waals surface area contributed by atoms with Crippen LogP contribution < -0.4 is 0 Å². The molecule has 1 N–H and O–H groups in total. The van der Waals surface area contributed by atoms with E-state index in [0.717, 1.165) is 12.0 Å². The van der Waals surface area contributed by atoms with E-state index in [-0.39, 0.29) is 17.3 Å². The second kappa shape index (κ2) is 4.31. The summed E-state index contributed by atoms with van der Waals surface area (Å²) in [5, 5.41) is 9.69. The van der Waals surface area contributed by atoms with E-state index >= 15 is 0 Å². The number of carbonyl (C=O) groups excluding carboxylic acids is 1. The summed E-state index contributed by atoms with van der Waals surface area (Å²) in [7, 11) is 0. The summed E-state index contributed by atoms with van der Waals surface area (Å²) in [6.07, 6.45) is 3.01. The second-order valence-corrected chi connectivity index (χ2v) is 5.05. The lowest BCUT2D eigenvalue weighted by atomic mass is 9.70. The first-order valence-electron chi connectivity index (χ1n) is 5.39. The van der Waals surface area contributed by atoms with Crippen molar-refractivity contribution in [3.05, 3.63) is 23.8 Å². The molecule has 15 heavy (non-hydrogen) atoms. The molecule has 2 nitrogen and oxygen atoms in total. The third-order valence-corrected chi connectivity index (χ3v) is 3.20. The van der Waals surface area contributed by atoms with Crippen LogP contribution in [0.5, 0.6) is 0 Å². The fourth-order valence-electron chi connectivity index (χ4n) is 2.48. The summed E-state index contributed by atoms with van der Waals surface area (Å²) in [5.41, 5.74) is 2.27. The number of aliphatic hydroxyl groups is 1. The van der Waals surface area contributed by atoms with Crippen LogP contribution in [0, 0.1) is 5.41 Å². The van der Waals surface area contributed by atoms with E-state index in [1.54, 1.807) is 0 Å². The fraction of sp³-hybridized carbons (Fsp3) is 0.615. The van der Waals surface area contributed by atoms with E-state index in [9.17, 15) is 9.90 Å². The van der Waals surface area contributed by atoms with Crippen molar-refractivity contribution in [1.29, 1.82) is 0 Å². The van der Waals surface area contributed by atoms with Crippen LogP contribution in [-0.2, 0) is 4.79 Å². The van der Waals surface area contributed by atoms with Crippen LogP contribution in [0.3, 0.4) is 0 Å². The van der Waals surface area contributed by atoms with E-state index in [2.05, 4.69) is 20.4 Å². The molecular formula is C13H20O2. The average Bonchev–Trinajstić information content (AvgIpc) is 2.09. The highest BCUT2D eigenvalue weighted by Crippen LogP contribution is 2.41. The minimum atomic E-state index is -0.261. The summed E-state index contributed by atoms with van der Waals surface area (Å²) >= 11 is 0. The molecule has 84 valence electrons. The SMILES string of the molecule is C=CC(=O)CC1=C(C)C[C@@H](O)CC1(C)C. The van der Waals surface area contributed by atoms with Gasteiger partial charge >= 0.3 is 0 Å². The van der Waals surface area contributed by atoms with Crippen LogP contribution in [0.2, 0.25) is 0 Å². The van der Waals surface area contributed by atoms with Crippen LogP contribution in [-0.4, -0.2) is 17.0 Å². The number of aliphatic hydroxyl groups excluding tert-OH is 1. The Balaban J connectivity index is 2.95. The third-order valence-electron chi connectivity index (χ3n) is 3.20. The molecule has 0 saturated heterocycles. The lowest BCUT2D eigenvalue weighted by Crippen LogP contribution is -2.29. The number of ketones is 1. The van der Waals surface area contributed by atoms with Crippen molar-refractivity contribution in [2.75, 3.05) is 0 Å². The van der Waals surface area contributed by atoms with Gasteiger partial charge in [-0.05, 0) is 31.3 Å². The van der Waals surface area contributed by atoms with Gasteiger partial charge in [0.2, 0.25) is 0 Å². The normalized spacial score (nSPS) is 25.2. The molecule has 0 aromatic heterocycles. The van der Waals surface area contributed by atoms with Gasteiger partial charge in [0.15, 0.2) is 5.78 Å². The van der Waals surface area contributed by atoms with Gasteiger partial charge in [0.05, 0.1) is 6.10 Å². The number of allylic oxidation sites excluding steroid dienone is 2. The van der Waals surface area contributed by atoms with Gasteiger partial charge < -0.3 is 5.11 Å². The summed E-state index contributed by atoms with van der Waals surface area (Å²) in [4.78, 5) is 11.4. The van der Waals surface area contributed by atoms with Crippen molar-refractivity contribution < 1.29 is 9.90 Å². The van der Waals surface area contributed by atoms with E-state index in [4.69, 9.17) is 0 Å². The molecule has 0 fully saturated rings. The molecule has 0 heterocycles. The Hall–Kier alpha value is -0.890. The molecule has 1 atom stereocenters. The van der Waals surface area contributed by atoms with Gasteiger partial charge in [-0.3, -0.25) is 4.79 Å². The molecule has 1 aliphatic carbocycles. The van der Waals surface area contributed by atoms with Gasteiger partial charge in [-0.1, -0.05) is 31.6 Å². The Morgan fingerprint density at radius 1 is 1.67 bits per heavy atom. The summed E-state index contributed by atoms with van der Waals surface area (Å²) in [6.45, 7) is 9.68. The monoisotopic (exact) mass is 208 g/mol. The van der Waals surface area contributed by atoms with Crippen molar-refractivity contribution in [2.45, 2.75) is 46.1 Å². The summed E-state index contributed by atoms with van der Waals surface area (Å²) in [5.74, 6) is 0.0637. The molecule has 0 aromatic carbocycles. The van der Waals surface area contributed by atoms with Crippen LogP contribution in [0.15, 0.2) is 23.8 Å². The molecule has 0 aliphatic heterocycles. The van der Waals surface area contributed by atoms with Crippen molar-refractivity contribution in [2.24, 2.45) is 5.41 Å². The van der Waals surface area contributed by atoms with E-state index < -0.39 is 0 Å². The molecule has 0 radical (unpaired) electrons. The van der Waals surface area contributed by atoms with E-state index in [0.29, 0.717) is 12.8 Å². The standard InChI is InChI=1S/C13H20O2/c1-5-10(14)7-12-9(2)6-11(15)8-13(12,3)4/h5,11,15H,1,6-8H2,2-4H3/t11-/m1/s1. The van der Waals surface area contributed by atoms with Crippen LogP contribution in [0.4, 0.5) is 0 Å². The summed E-state index contributed by atoms with van der Waals surface area (Å²) < 4.78 is 0. The molecule has 0 bridgehead atoms. The number of hydrogen-bond acceptors (Lipinski definition) is 2. The topological polar surface area (TPSA) is 37.3 Å². The zero-order chi connectivity index (χ0) is 11.6. The first-order valence-corrected chi connectivity index (χ1v) is 5.39. The third kappa shape index (κ3) is 2.78. The molecule has 0 saturated carbocycles. The minimum absolute atomic E-state index is 0.0637. The predicted molar refractivity (Wildman–Crippen MR) is 61.5 cm³/mol. The highest BCUT2D eigenvalue weighted by atomic mass is 16.3. The highest BCUT2D eigenvalue weighted by molar-refractivity contribution is 5.91. The van der Waals surface area contributed by atoms with Gasteiger partial charge in [0, 0.05) is 6.42 Å². The Morgan fingerprint density at radius 3 is 2.73 bits per heavy atom. The Labute approximate surface area is 91.7 Å². The Morgan fingerprint density at radius 2 is 2.27 bits per heavy atom. The first kappa shape index (κ1) is 12.2. The maximum atomic E-state index is 11.4. The van der Waals surface area contributed by atoms with Crippen molar-refractivity contribution in [1.82, 2.24) is 0 Å². The molecule has 0 spiro atoms. The van der Waals surface area contributed by atoms with E-state index in [1.165, 1.54) is 11.6 Å². The quantitative estimate of drug-likeness (QED) is 0.572. The van der Waals surface area contributed by atoms with Crippen molar-refractivity contribution >= 4 is 5.78 Å². The smallest absolute Gasteiger partial charge is 0.159 e. The van der Waals surface area contributed by atoms with Gasteiger partial charge in [-0.2, -0.15) is 0 Å². The number of rotatable bonds is 3. The first-order chi connectivity index (χ1) is 6.86. The van der Waals surface area contributed by atoms with Crippen molar-refractivity contribution in [3.63, 3.8) is 0 Å². The lowest BCUT2D eigenvalue weighted by molar-refractivity contribution is -0.114. The van der Waals surface area contributed by atoms with Crippen LogP contribution in [0.1, 0.15) is 40.0 Å². The summed E-state index contributed by atoms with van der Waals surface area (Å²) in [6, 6.07) is 0. The molecule has 1 rings (SSSR count). The number of hydrogen-bond donors (Lipinski definition) is 1. The maximum Gasteiger partial charge on any atom is 0.159 e. The molecule has 1 aliphatic rings. The highest BCUT2D eigenvalue weighted by Gasteiger charge is 2.33. The lowest BCUT2D eigenvalue weighted by Gasteiger charge is -2.36. The van der Waals surface area contributed by atoms with Crippen LogP contribution >= 0.6 is 0 Å². The second-order valence-electron chi connectivity index (χ2n) is 5.05. The van der Waals surface area contributed by atoms with Gasteiger partial charge in [0.1, 0.15) is 0 Å². The van der Waals surface area contributed by atoms with Gasteiger partial charge in [-0.15, -0.1) is 0 Å². The molecule has 0 amide bonds. The van der Waals surface area contributed by atoms with Crippen molar-refractivity contribution in [3.8, 4) is 0 Å². The molecular weight excluding hydrogens is 188 g/mol. The zero-order valence-electron chi connectivity index (χ0n) is 9.84. The largest absolute Gasteiger partial charge is 0.393 e. The molecule has 2 heteroatoms. The van der Waals surface area contributed by atoms with Crippen LogP contribution in [0.25, 0.3) is 0 Å². The maximum absolute atomic E-state index is 11.4. The zero-order valence-corrected chi connectivity index (χ0v) is 9.84. The fourth-order valence-corrected chi connectivity index (χ4v) is 2.48. The van der Waals surface area contributed by atoms with Gasteiger partial charge in [0.25, 0.3) is 0 Å². The van der Waals surface area contributed by atoms with E-state index in [1.807, 2.05) is 6.92 Å². The number of carbonyl (C=O) groups is 1. The molecule has 0 unspecified atom stereocenters. The molecule has 0 aromatic rings. The Bertz CT molecular complexity index is 310. The van der Waals surface area contributed by atoms with Gasteiger partial charge in [-0.25, -0.2) is 0 Å². The average molecular weight is 208 g/mol. The minimum Gasteiger partial charge on any atom is -0.393 e. The Kier molecular flexibility index (Phi) is 3.50.